The number of aryl methyl sites for hydroxylation is 1. The second-order valence-corrected chi connectivity index (χ2v) is 6.01. The highest BCUT2D eigenvalue weighted by Gasteiger charge is 2.15. The summed E-state index contributed by atoms with van der Waals surface area (Å²) in [4.78, 5) is 6.68. The zero-order chi connectivity index (χ0) is 16.1. The first kappa shape index (κ1) is 15.5. The van der Waals surface area contributed by atoms with Gasteiger partial charge in [-0.15, -0.1) is 10.2 Å². The molecular weight excluding hydrogens is 288 g/mol. The van der Waals surface area contributed by atoms with E-state index in [1.54, 1.807) is 0 Å². The lowest BCUT2D eigenvalue weighted by atomic mass is 10.2. The van der Waals surface area contributed by atoms with E-state index >= 15 is 0 Å². The van der Waals surface area contributed by atoms with Crippen molar-refractivity contribution in [3.63, 3.8) is 0 Å². The maximum atomic E-state index is 4.68. The van der Waals surface area contributed by atoms with E-state index in [9.17, 15) is 0 Å². The highest BCUT2D eigenvalue weighted by molar-refractivity contribution is 5.79. The van der Waals surface area contributed by atoms with Gasteiger partial charge in [-0.3, -0.25) is 0 Å². The van der Waals surface area contributed by atoms with Crippen LogP contribution in [0.3, 0.4) is 0 Å². The molecule has 1 aromatic heterocycles. The highest BCUT2D eigenvalue weighted by Crippen LogP contribution is 2.14. The van der Waals surface area contributed by atoms with Crippen LogP contribution < -0.4 is 5.32 Å². The molecule has 23 heavy (non-hydrogen) atoms. The summed E-state index contributed by atoms with van der Waals surface area (Å²) in [5.41, 5.74) is 1.20. The van der Waals surface area contributed by atoms with Crippen LogP contribution in [0.25, 0.3) is 0 Å². The summed E-state index contributed by atoms with van der Waals surface area (Å²) >= 11 is 0. The van der Waals surface area contributed by atoms with Crippen LogP contribution in [0.4, 0.5) is 0 Å². The first-order valence-electron chi connectivity index (χ1n) is 8.14. The second kappa shape index (κ2) is 7.26. The van der Waals surface area contributed by atoms with Crippen molar-refractivity contribution in [2.24, 2.45) is 4.99 Å². The summed E-state index contributed by atoms with van der Waals surface area (Å²) in [5.74, 6) is 2.97. The minimum atomic E-state index is 0.652. The number of nitrogens with one attached hydrogen (secondary N) is 1. The van der Waals surface area contributed by atoms with Crippen LogP contribution in [0.5, 0.6) is 0 Å². The van der Waals surface area contributed by atoms with E-state index in [2.05, 4.69) is 37.2 Å². The fourth-order valence-electron chi connectivity index (χ4n) is 2.76. The number of aromatic nitrogens is 3. The van der Waals surface area contributed by atoms with Crippen LogP contribution in [0.15, 0.2) is 35.3 Å². The van der Waals surface area contributed by atoms with Gasteiger partial charge in [0.1, 0.15) is 5.82 Å². The van der Waals surface area contributed by atoms with Crippen molar-refractivity contribution in [2.75, 3.05) is 14.1 Å². The third kappa shape index (κ3) is 3.88. The summed E-state index contributed by atoms with van der Waals surface area (Å²) in [6.07, 6.45) is 3.46. The predicted molar refractivity (Wildman–Crippen MR) is 91.1 cm³/mol. The Balaban J connectivity index is 1.65. The molecule has 1 aliphatic heterocycles. The largest absolute Gasteiger partial charge is 0.349 e. The van der Waals surface area contributed by atoms with Gasteiger partial charge in [0.05, 0.1) is 13.1 Å². The van der Waals surface area contributed by atoms with Gasteiger partial charge in [0.25, 0.3) is 0 Å². The molecule has 0 saturated carbocycles. The van der Waals surface area contributed by atoms with Crippen molar-refractivity contribution in [3.8, 4) is 0 Å². The number of hydrogen-bond donors (Lipinski definition) is 1. The fraction of sp³-hybridized carbons (Fsp3) is 0.471. The lowest BCUT2D eigenvalue weighted by Gasteiger charge is -2.19. The fourth-order valence-corrected chi connectivity index (χ4v) is 2.76. The van der Waals surface area contributed by atoms with Crippen molar-refractivity contribution in [1.29, 1.82) is 0 Å². The van der Waals surface area contributed by atoms with Crippen LogP contribution in [0, 0.1) is 0 Å². The number of aliphatic imine (C=N–C) groups is 1. The van der Waals surface area contributed by atoms with Crippen LogP contribution in [-0.4, -0.2) is 39.7 Å². The number of hydrogen-bond acceptors (Lipinski definition) is 3. The van der Waals surface area contributed by atoms with E-state index in [-0.39, 0.29) is 0 Å². The molecule has 1 N–H and O–H groups in total. The smallest absolute Gasteiger partial charge is 0.194 e. The number of benzene rings is 1. The van der Waals surface area contributed by atoms with Crippen LogP contribution >= 0.6 is 0 Å². The van der Waals surface area contributed by atoms with Gasteiger partial charge in [-0.2, -0.15) is 0 Å². The molecule has 1 aromatic carbocycles. The summed E-state index contributed by atoms with van der Waals surface area (Å²) < 4.78 is 2.24. The minimum Gasteiger partial charge on any atom is -0.349 e. The molecule has 0 bridgehead atoms. The van der Waals surface area contributed by atoms with Crippen molar-refractivity contribution in [3.05, 3.63) is 47.5 Å². The van der Waals surface area contributed by atoms with E-state index in [0.717, 1.165) is 30.6 Å². The normalized spacial score (nSPS) is 14.4. The molecule has 1 aliphatic rings. The lowest BCUT2D eigenvalue weighted by molar-refractivity contribution is 0.500. The van der Waals surface area contributed by atoms with Crippen LogP contribution in [-0.2, 0) is 26.1 Å². The van der Waals surface area contributed by atoms with Gasteiger partial charge in [-0.1, -0.05) is 30.3 Å². The van der Waals surface area contributed by atoms with Crippen LogP contribution in [0.1, 0.15) is 30.1 Å². The van der Waals surface area contributed by atoms with Crippen molar-refractivity contribution in [2.45, 2.75) is 38.9 Å². The molecule has 0 fully saturated rings. The van der Waals surface area contributed by atoms with Gasteiger partial charge in [0.2, 0.25) is 0 Å². The quantitative estimate of drug-likeness (QED) is 0.691. The Kier molecular flexibility index (Phi) is 4.90. The summed E-state index contributed by atoms with van der Waals surface area (Å²) in [7, 11) is 3.99. The first-order valence-corrected chi connectivity index (χ1v) is 8.14. The standard InChI is InChI=1S/C17H24N6/c1-22(2)17(18-12-14-8-4-3-5-9-14)19-13-16-21-20-15-10-6-7-11-23(15)16/h3-5,8-9H,6-7,10-13H2,1-2H3,(H,18,19). The minimum absolute atomic E-state index is 0.652. The molecule has 0 radical (unpaired) electrons. The average Bonchev–Trinajstić information content (AvgIpc) is 2.99. The SMILES string of the molecule is CN(C)C(=NCc1ccccc1)NCc1nnc2n1CCCC2. The Bertz CT molecular complexity index is 659. The maximum Gasteiger partial charge on any atom is 0.194 e. The van der Waals surface area contributed by atoms with Gasteiger partial charge >= 0.3 is 0 Å². The molecule has 2 aromatic rings. The van der Waals surface area contributed by atoms with Gasteiger partial charge < -0.3 is 14.8 Å². The van der Waals surface area contributed by atoms with E-state index < -0.39 is 0 Å². The number of guanidine groups is 1. The molecule has 0 aliphatic carbocycles. The highest BCUT2D eigenvalue weighted by atomic mass is 15.3. The Morgan fingerprint density at radius 2 is 2.04 bits per heavy atom. The van der Waals surface area contributed by atoms with Gasteiger partial charge in [0.15, 0.2) is 11.8 Å². The molecule has 0 atom stereocenters. The van der Waals surface area contributed by atoms with Gasteiger partial charge in [-0.25, -0.2) is 4.99 Å². The molecule has 0 spiro atoms. The summed E-state index contributed by atoms with van der Waals surface area (Å²) in [6.45, 7) is 2.34. The van der Waals surface area contributed by atoms with Gasteiger partial charge in [-0.05, 0) is 18.4 Å². The zero-order valence-corrected chi connectivity index (χ0v) is 13.9. The van der Waals surface area contributed by atoms with Crippen molar-refractivity contribution < 1.29 is 0 Å². The zero-order valence-electron chi connectivity index (χ0n) is 13.9. The molecule has 0 saturated heterocycles. The average molecular weight is 312 g/mol. The van der Waals surface area contributed by atoms with Crippen LogP contribution in [0.2, 0.25) is 0 Å². The van der Waals surface area contributed by atoms with E-state index in [1.165, 1.54) is 18.4 Å². The predicted octanol–water partition coefficient (Wildman–Crippen LogP) is 1.82. The third-order valence-corrected chi connectivity index (χ3v) is 4.02. The van der Waals surface area contributed by atoms with Gasteiger partial charge in [0, 0.05) is 27.1 Å². The monoisotopic (exact) mass is 312 g/mol. The first-order chi connectivity index (χ1) is 11.2. The molecule has 122 valence electrons. The molecule has 6 heteroatoms. The van der Waals surface area contributed by atoms with E-state index in [1.807, 2.05) is 37.2 Å². The number of fused-ring (bicyclic) bond motifs is 1. The Morgan fingerprint density at radius 1 is 1.22 bits per heavy atom. The Labute approximate surface area is 137 Å². The van der Waals surface area contributed by atoms with Crippen molar-refractivity contribution >= 4 is 5.96 Å². The molecule has 3 rings (SSSR count). The molecule has 2 heterocycles. The molecule has 0 amide bonds. The molecular formula is C17H24N6. The van der Waals surface area contributed by atoms with Crippen molar-refractivity contribution in [1.82, 2.24) is 25.0 Å². The Morgan fingerprint density at radius 3 is 2.83 bits per heavy atom. The summed E-state index contributed by atoms with van der Waals surface area (Å²) in [5, 5.41) is 12.0. The topological polar surface area (TPSA) is 58.3 Å². The maximum absolute atomic E-state index is 4.68. The van der Waals surface area contributed by atoms with E-state index in [0.29, 0.717) is 13.1 Å². The Hall–Kier alpha value is -2.37. The lowest BCUT2D eigenvalue weighted by Crippen LogP contribution is -2.36. The summed E-state index contributed by atoms with van der Waals surface area (Å²) in [6, 6.07) is 10.3. The number of nitrogens with zero attached hydrogens (tertiary/aromatic N) is 5. The molecule has 0 unspecified atom stereocenters. The third-order valence-electron chi connectivity index (χ3n) is 4.02. The number of rotatable bonds is 4. The second-order valence-electron chi connectivity index (χ2n) is 6.01. The molecule has 6 nitrogen and oxygen atoms in total. The van der Waals surface area contributed by atoms with E-state index in [4.69, 9.17) is 0 Å².